The number of amides is 1. The Morgan fingerprint density at radius 3 is 2.70 bits per heavy atom. The molecular weight excluding hydrogens is 360 g/mol. The summed E-state index contributed by atoms with van der Waals surface area (Å²) in [7, 11) is 0. The van der Waals surface area contributed by atoms with Gasteiger partial charge in [0.1, 0.15) is 10.6 Å². The molecule has 3 aromatic heterocycles. The van der Waals surface area contributed by atoms with Gasteiger partial charge < -0.3 is 15.0 Å². The van der Waals surface area contributed by atoms with Gasteiger partial charge in [-0.05, 0) is 50.1 Å². The summed E-state index contributed by atoms with van der Waals surface area (Å²) in [5.74, 6) is 0.790. The number of nitrogens with one attached hydrogen (secondary N) is 1. The SMILES string of the molecule is Cc1cc(C)c2c(C)c(C(=O)Nc3ccc(N4CCOCC4)nc3)sc2n1. The van der Waals surface area contributed by atoms with Crippen LogP contribution in [0.2, 0.25) is 0 Å². The predicted molar refractivity (Wildman–Crippen MR) is 109 cm³/mol. The third kappa shape index (κ3) is 3.52. The minimum atomic E-state index is -0.117. The number of nitrogens with zero attached hydrogens (tertiary/aromatic N) is 3. The van der Waals surface area contributed by atoms with Crippen LogP contribution in [0.5, 0.6) is 0 Å². The molecule has 4 rings (SSSR count). The van der Waals surface area contributed by atoms with Gasteiger partial charge >= 0.3 is 0 Å². The molecule has 0 aromatic carbocycles. The number of ether oxygens (including phenoxy) is 1. The average Bonchev–Trinajstić information content (AvgIpc) is 3.00. The van der Waals surface area contributed by atoms with E-state index in [2.05, 4.69) is 33.2 Å². The maximum atomic E-state index is 12.8. The van der Waals surface area contributed by atoms with E-state index in [1.165, 1.54) is 11.3 Å². The Balaban J connectivity index is 1.54. The minimum absolute atomic E-state index is 0.117. The van der Waals surface area contributed by atoms with E-state index in [4.69, 9.17) is 4.74 Å². The molecule has 3 aromatic rings. The summed E-state index contributed by atoms with van der Waals surface area (Å²) in [6.07, 6.45) is 1.71. The largest absolute Gasteiger partial charge is 0.378 e. The topological polar surface area (TPSA) is 67.4 Å². The molecule has 0 spiro atoms. The van der Waals surface area contributed by atoms with Gasteiger partial charge in [-0.3, -0.25) is 4.79 Å². The summed E-state index contributed by atoms with van der Waals surface area (Å²) >= 11 is 1.44. The maximum Gasteiger partial charge on any atom is 0.266 e. The third-order valence-electron chi connectivity index (χ3n) is 4.77. The van der Waals surface area contributed by atoms with Gasteiger partial charge in [0.15, 0.2) is 0 Å². The van der Waals surface area contributed by atoms with E-state index in [0.29, 0.717) is 10.6 Å². The van der Waals surface area contributed by atoms with Crippen molar-refractivity contribution in [2.24, 2.45) is 0 Å². The monoisotopic (exact) mass is 382 g/mol. The van der Waals surface area contributed by atoms with Gasteiger partial charge in [0.2, 0.25) is 0 Å². The first kappa shape index (κ1) is 17.9. The number of morpholine rings is 1. The second-order valence-electron chi connectivity index (χ2n) is 6.78. The lowest BCUT2D eigenvalue weighted by atomic mass is 10.1. The standard InChI is InChI=1S/C20H22N4O2S/c1-12-10-13(2)22-20-17(12)14(3)18(27-20)19(25)23-15-4-5-16(21-11-15)24-6-8-26-9-7-24/h4-5,10-11H,6-9H2,1-3H3,(H,23,25). The van der Waals surface area contributed by atoms with Crippen molar-refractivity contribution in [3.8, 4) is 0 Å². The number of hydrogen-bond donors (Lipinski definition) is 1. The fourth-order valence-electron chi connectivity index (χ4n) is 3.46. The quantitative estimate of drug-likeness (QED) is 0.748. The zero-order chi connectivity index (χ0) is 19.0. The van der Waals surface area contributed by atoms with Gasteiger partial charge in [0.25, 0.3) is 5.91 Å². The first-order valence-corrected chi connectivity index (χ1v) is 9.82. The Kier molecular flexibility index (Phi) is 4.80. The Labute approximate surface area is 162 Å². The number of anilines is 2. The lowest BCUT2D eigenvalue weighted by Crippen LogP contribution is -2.36. The number of pyridine rings is 2. The van der Waals surface area contributed by atoms with Crippen molar-refractivity contribution in [1.29, 1.82) is 0 Å². The summed E-state index contributed by atoms with van der Waals surface area (Å²) in [6.45, 7) is 9.14. The number of hydrogen-bond acceptors (Lipinski definition) is 6. The highest BCUT2D eigenvalue weighted by atomic mass is 32.1. The second kappa shape index (κ2) is 7.25. The van der Waals surface area contributed by atoms with E-state index in [1.54, 1.807) is 6.20 Å². The minimum Gasteiger partial charge on any atom is -0.378 e. The molecule has 1 fully saturated rings. The fraction of sp³-hybridized carbons (Fsp3) is 0.350. The van der Waals surface area contributed by atoms with E-state index in [0.717, 1.165) is 59.2 Å². The third-order valence-corrected chi connectivity index (χ3v) is 5.96. The molecule has 1 aliphatic rings. The van der Waals surface area contributed by atoms with Crippen molar-refractivity contribution in [2.75, 3.05) is 36.5 Å². The van der Waals surface area contributed by atoms with Gasteiger partial charge in [0.05, 0.1) is 30.0 Å². The zero-order valence-electron chi connectivity index (χ0n) is 15.7. The highest BCUT2D eigenvalue weighted by molar-refractivity contribution is 7.20. The van der Waals surface area contributed by atoms with E-state index in [9.17, 15) is 4.79 Å². The lowest BCUT2D eigenvalue weighted by molar-refractivity contribution is 0.103. The predicted octanol–water partition coefficient (Wildman–Crippen LogP) is 3.71. The number of aromatic nitrogens is 2. The van der Waals surface area contributed by atoms with Crippen molar-refractivity contribution in [2.45, 2.75) is 20.8 Å². The molecule has 1 saturated heterocycles. The van der Waals surface area contributed by atoms with Gasteiger partial charge in [-0.2, -0.15) is 0 Å². The summed E-state index contributed by atoms with van der Waals surface area (Å²) in [5.41, 5.74) is 3.79. The molecule has 7 heteroatoms. The van der Waals surface area contributed by atoms with E-state index in [1.807, 2.05) is 26.0 Å². The highest BCUT2D eigenvalue weighted by Crippen LogP contribution is 2.32. The molecule has 0 radical (unpaired) electrons. The van der Waals surface area contributed by atoms with Crippen LogP contribution in [0.15, 0.2) is 24.4 Å². The zero-order valence-corrected chi connectivity index (χ0v) is 16.5. The number of thiophene rings is 1. The molecule has 1 N–H and O–H groups in total. The average molecular weight is 382 g/mol. The molecule has 0 bridgehead atoms. The Morgan fingerprint density at radius 2 is 2.00 bits per heavy atom. The summed E-state index contributed by atoms with van der Waals surface area (Å²) in [6, 6.07) is 5.89. The number of aryl methyl sites for hydroxylation is 3. The second-order valence-corrected chi connectivity index (χ2v) is 7.77. The molecule has 140 valence electrons. The number of rotatable bonds is 3. The van der Waals surface area contributed by atoms with Crippen LogP contribution in [0.25, 0.3) is 10.2 Å². The first-order valence-electron chi connectivity index (χ1n) is 9.00. The molecule has 6 nitrogen and oxygen atoms in total. The van der Waals surface area contributed by atoms with Crippen LogP contribution < -0.4 is 10.2 Å². The molecule has 1 amide bonds. The first-order chi connectivity index (χ1) is 13.0. The van der Waals surface area contributed by atoms with Gasteiger partial charge in [-0.15, -0.1) is 11.3 Å². The normalized spacial score (nSPS) is 14.6. The summed E-state index contributed by atoms with van der Waals surface area (Å²) < 4.78 is 5.37. The van der Waals surface area contributed by atoms with E-state index >= 15 is 0 Å². The van der Waals surface area contributed by atoms with Crippen LogP contribution in [-0.2, 0) is 4.74 Å². The Bertz CT molecular complexity index is 991. The van der Waals surface area contributed by atoms with Crippen LogP contribution in [0, 0.1) is 20.8 Å². The van der Waals surface area contributed by atoms with E-state index < -0.39 is 0 Å². The van der Waals surface area contributed by atoms with Gasteiger partial charge in [-0.25, -0.2) is 9.97 Å². The van der Waals surface area contributed by atoms with Crippen LogP contribution in [0.1, 0.15) is 26.5 Å². The maximum absolute atomic E-state index is 12.8. The van der Waals surface area contributed by atoms with Crippen molar-refractivity contribution in [1.82, 2.24) is 9.97 Å². The van der Waals surface area contributed by atoms with Crippen LogP contribution in [0.3, 0.4) is 0 Å². The van der Waals surface area contributed by atoms with E-state index in [-0.39, 0.29) is 5.91 Å². The van der Waals surface area contributed by atoms with Crippen molar-refractivity contribution < 1.29 is 9.53 Å². The van der Waals surface area contributed by atoms with Crippen molar-refractivity contribution >= 4 is 39.0 Å². The molecule has 0 aliphatic carbocycles. The van der Waals surface area contributed by atoms with Gasteiger partial charge in [-0.1, -0.05) is 0 Å². The highest BCUT2D eigenvalue weighted by Gasteiger charge is 2.18. The van der Waals surface area contributed by atoms with Crippen molar-refractivity contribution in [3.63, 3.8) is 0 Å². The Hall–Kier alpha value is -2.51. The fourth-order valence-corrected chi connectivity index (χ4v) is 4.66. The number of carbonyl (C=O) groups excluding carboxylic acids is 1. The number of fused-ring (bicyclic) bond motifs is 1. The van der Waals surface area contributed by atoms with Crippen LogP contribution in [0.4, 0.5) is 11.5 Å². The van der Waals surface area contributed by atoms with Crippen molar-refractivity contribution in [3.05, 3.63) is 46.1 Å². The van der Waals surface area contributed by atoms with Gasteiger partial charge in [0, 0.05) is 24.2 Å². The molecular formula is C20H22N4O2S. The molecule has 0 saturated carbocycles. The van der Waals surface area contributed by atoms with Crippen LogP contribution >= 0.6 is 11.3 Å². The summed E-state index contributed by atoms with van der Waals surface area (Å²) in [5, 5.41) is 4.04. The molecule has 27 heavy (non-hydrogen) atoms. The smallest absolute Gasteiger partial charge is 0.266 e. The lowest BCUT2D eigenvalue weighted by Gasteiger charge is -2.27. The number of carbonyl (C=O) groups is 1. The van der Waals surface area contributed by atoms with Crippen LogP contribution in [-0.4, -0.2) is 42.2 Å². The molecule has 4 heterocycles. The summed E-state index contributed by atoms with van der Waals surface area (Å²) in [4.78, 5) is 25.7. The molecule has 1 aliphatic heterocycles. The molecule has 0 atom stereocenters. The molecule has 0 unspecified atom stereocenters. The Morgan fingerprint density at radius 1 is 1.22 bits per heavy atom.